The van der Waals surface area contributed by atoms with Crippen molar-refractivity contribution in [3.63, 3.8) is 0 Å². The van der Waals surface area contributed by atoms with Gasteiger partial charge < -0.3 is 9.84 Å². The summed E-state index contributed by atoms with van der Waals surface area (Å²) in [4.78, 5) is 24.3. The van der Waals surface area contributed by atoms with E-state index >= 15 is 0 Å². The SMILES string of the molecule is COC(=O)c1ccccc1Sc1ccc(I)cc1C(=O)O. The second-order valence-corrected chi connectivity index (χ2v) is 6.36. The Morgan fingerprint density at radius 1 is 1.10 bits per heavy atom. The molecule has 0 unspecified atom stereocenters. The predicted octanol–water partition coefficient (Wildman–Crippen LogP) is 3.93. The van der Waals surface area contributed by atoms with Gasteiger partial charge in [-0.05, 0) is 52.9 Å². The van der Waals surface area contributed by atoms with E-state index in [1.807, 2.05) is 6.07 Å². The third-order valence-electron chi connectivity index (χ3n) is 2.68. The second-order valence-electron chi connectivity index (χ2n) is 4.04. The first-order valence-electron chi connectivity index (χ1n) is 5.91. The van der Waals surface area contributed by atoms with E-state index in [0.29, 0.717) is 15.4 Å². The highest BCUT2D eigenvalue weighted by Gasteiger charge is 2.16. The molecule has 2 aromatic rings. The van der Waals surface area contributed by atoms with Crippen LogP contribution >= 0.6 is 34.4 Å². The first kappa shape index (κ1) is 15.8. The lowest BCUT2D eigenvalue weighted by atomic mass is 10.2. The van der Waals surface area contributed by atoms with Crippen LogP contribution in [0.3, 0.4) is 0 Å². The fourth-order valence-electron chi connectivity index (χ4n) is 1.71. The van der Waals surface area contributed by atoms with Gasteiger partial charge in [0.05, 0.1) is 18.2 Å². The molecule has 0 spiro atoms. The molecule has 0 radical (unpaired) electrons. The maximum Gasteiger partial charge on any atom is 0.339 e. The van der Waals surface area contributed by atoms with Crippen molar-refractivity contribution in [3.05, 3.63) is 57.2 Å². The number of carboxylic acids is 1. The Morgan fingerprint density at radius 3 is 2.43 bits per heavy atom. The molecule has 0 saturated carbocycles. The van der Waals surface area contributed by atoms with Crippen LogP contribution in [0.25, 0.3) is 0 Å². The summed E-state index contributed by atoms with van der Waals surface area (Å²) in [5.74, 6) is -1.44. The van der Waals surface area contributed by atoms with E-state index in [4.69, 9.17) is 4.74 Å². The van der Waals surface area contributed by atoms with Gasteiger partial charge in [0, 0.05) is 13.4 Å². The number of carbonyl (C=O) groups is 2. The Hall–Kier alpha value is -1.54. The zero-order valence-electron chi connectivity index (χ0n) is 11.0. The molecule has 0 aliphatic carbocycles. The van der Waals surface area contributed by atoms with E-state index in [1.54, 1.807) is 36.4 Å². The maximum absolute atomic E-state index is 11.7. The second kappa shape index (κ2) is 6.95. The normalized spacial score (nSPS) is 10.2. The van der Waals surface area contributed by atoms with Crippen molar-refractivity contribution in [2.45, 2.75) is 9.79 Å². The Labute approximate surface area is 139 Å². The molecule has 2 rings (SSSR count). The van der Waals surface area contributed by atoms with Crippen LogP contribution in [0.2, 0.25) is 0 Å². The molecule has 0 aromatic heterocycles. The van der Waals surface area contributed by atoms with Crippen LogP contribution in [0, 0.1) is 3.57 Å². The summed E-state index contributed by atoms with van der Waals surface area (Å²) in [6.07, 6.45) is 0. The lowest BCUT2D eigenvalue weighted by Crippen LogP contribution is -2.03. The van der Waals surface area contributed by atoms with Gasteiger partial charge in [-0.25, -0.2) is 9.59 Å². The molecule has 0 aliphatic rings. The number of halogens is 1. The number of benzene rings is 2. The molecule has 21 heavy (non-hydrogen) atoms. The summed E-state index contributed by atoms with van der Waals surface area (Å²) in [5.41, 5.74) is 0.631. The summed E-state index contributed by atoms with van der Waals surface area (Å²) in [6, 6.07) is 12.1. The van der Waals surface area contributed by atoms with Crippen molar-refractivity contribution in [3.8, 4) is 0 Å². The molecule has 0 saturated heterocycles. The first-order valence-corrected chi connectivity index (χ1v) is 7.80. The average molecular weight is 414 g/mol. The molecule has 4 nitrogen and oxygen atoms in total. The summed E-state index contributed by atoms with van der Waals surface area (Å²) < 4.78 is 5.58. The predicted molar refractivity (Wildman–Crippen MR) is 88.0 cm³/mol. The van der Waals surface area contributed by atoms with Crippen molar-refractivity contribution in [1.82, 2.24) is 0 Å². The van der Waals surface area contributed by atoms with Gasteiger partial charge in [-0.1, -0.05) is 23.9 Å². The lowest BCUT2D eigenvalue weighted by Gasteiger charge is -2.09. The van der Waals surface area contributed by atoms with Gasteiger partial charge in [0.1, 0.15) is 0 Å². The van der Waals surface area contributed by atoms with Crippen LogP contribution in [0.5, 0.6) is 0 Å². The van der Waals surface area contributed by atoms with Crippen molar-refractivity contribution in [2.75, 3.05) is 7.11 Å². The number of methoxy groups -OCH3 is 1. The Morgan fingerprint density at radius 2 is 1.76 bits per heavy atom. The van der Waals surface area contributed by atoms with Gasteiger partial charge in [0.15, 0.2) is 0 Å². The Kier molecular flexibility index (Phi) is 5.24. The third kappa shape index (κ3) is 3.76. The maximum atomic E-state index is 11.7. The van der Waals surface area contributed by atoms with Crippen molar-refractivity contribution in [1.29, 1.82) is 0 Å². The molecule has 0 bridgehead atoms. The van der Waals surface area contributed by atoms with Gasteiger partial charge in [-0.3, -0.25) is 0 Å². The molecule has 0 heterocycles. The molecule has 0 atom stereocenters. The average Bonchev–Trinajstić information content (AvgIpc) is 2.48. The quantitative estimate of drug-likeness (QED) is 0.607. The molecule has 0 aliphatic heterocycles. The molecule has 0 fully saturated rings. The lowest BCUT2D eigenvalue weighted by molar-refractivity contribution is 0.0596. The van der Waals surface area contributed by atoms with Gasteiger partial charge in [-0.15, -0.1) is 0 Å². The summed E-state index contributed by atoms with van der Waals surface area (Å²) >= 11 is 3.30. The van der Waals surface area contributed by atoms with Crippen molar-refractivity contribution < 1.29 is 19.4 Å². The van der Waals surface area contributed by atoms with Crippen molar-refractivity contribution in [2.24, 2.45) is 0 Å². The summed E-state index contributed by atoms with van der Waals surface area (Å²) in [5, 5.41) is 9.28. The number of aromatic carboxylic acids is 1. The molecular weight excluding hydrogens is 403 g/mol. The zero-order valence-corrected chi connectivity index (χ0v) is 14.0. The van der Waals surface area contributed by atoms with E-state index in [2.05, 4.69) is 22.6 Å². The molecule has 2 aromatic carbocycles. The van der Waals surface area contributed by atoms with E-state index in [-0.39, 0.29) is 5.56 Å². The first-order chi connectivity index (χ1) is 10.0. The zero-order chi connectivity index (χ0) is 15.4. The highest BCUT2D eigenvalue weighted by Crippen LogP contribution is 2.33. The van der Waals surface area contributed by atoms with Crippen molar-refractivity contribution >= 4 is 46.3 Å². The van der Waals surface area contributed by atoms with Gasteiger partial charge in [-0.2, -0.15) is 0 Å². The van der Waals surface area contributed by atoms with E-state index in [9.17, 15) is 14.7 Å². The number of rotatable bonds is 4. The highest BCUT2D eigenvalue weighted by atomic mass is 127. The number of carbonyl (C=O) groups excluding carboxylic acids is 1. The number of hydrogen-bond acceptors (Lipinski definition) is 4. The standard InChI is InChI=1S/C15H11IO4S/c1-20-15(19)10-4-2-3-5-12(10)21-13-7-6-9(16)8-11(13)14(17)18/h2-8H,1H3,(H,17,18). The van der Waals surface area contributed by atoms with Crippen LogP contribution in [-0.2, 0) is 4.74 Å². The van der Waals surface area contributed by atoms with Crippen LogP contribution < -0.4 is 0 Å². The molecule has 6 heteroatoms. The Balaban J connectivity index is 2.44. The van der Waals surface area contributed by atoms with Crippen LogP contribution in [-0.4, -0.2) is 24.2 Å². The van der Waals surface area contributed by atoms with Crippen LogP contribution in [0.15, 0.2) is 52.3 Å². The Bertz CT molecular complexity index is 700. The number of esters is 1. The highest BCUT2D eigenvalue weighted by molar-refractivity contribution is 14.1. The fraction of sp³-hybridized carbons (Fsp3) is 0.0667. The molecular formula is C15H11IO4S. The minimum absolute atomic E-state index is 0.214. The van der Waals surface area contributed by atoms with Crippen LogP contribution in [0.4, 0.5) is 0 Å². The smallest absolute Gasteiger partial charge is 0.339 e. The topological polar surface area (TPSA) is 63.6 Å². The van der Waals surface area contributed by atoms with Gasteiger partial charge in [0.25, 0.3) is 0 Å². The monoisotopic (exact) mass is 414 g/mol. The minimum Gasteiger partial charge on any atom is -0.478 e. The number of ether oxygens (including phenoxy) is 1. The van der Waals surface area contributed by atoms with E-state index in [1.165, 1.54) is 18.9 Å². The summed E-state index contributed by atoms with van der Waals surface area (Å²) in [7, 11) is 1.32. The van der Waals surface area contributed by atoms with Gasteiger partial charge >= 0.3 is 11.9 Å². The largest absolute Gasteiger partial charge is 0.478 e. The van der Waals surface area contributed by atoms with E-state index in [0.717, 1.165) is 3.57 Å². The van der Waals surface area contributed by atoms with Gasteiger partial charge in [0.2, 0.25) is 0 Å². The number of hydrogen-bond donors (Lipinski definition) is 1. The third-order valence-corrected chi connectivity index (χ3v) is 4.51. The molecule has 0 amide bonds. The fourth-order valence-corrected chi connectivity index (χ4v) is 3.24. The van der Waals surface area contributed by atoms with Crippen LogP contribution in [0.1, 0.15) is 20.7 Å². The molecule has 1 N–H and O–H groups in total. The minimum atomic E-state index is -0.994. The molecule has 108 valence electrons. The number of carboxylic acid groups (broad SMARTS) is 1. The summed E-state index contributed by atoms with van der Waals surface area (Å²) in [6.45, 7) is 0. The van der Waals surface area contributed by atoms with E-state index < -0.39 is 11.9 Å².